The van der Waals surface area contributed by atoms with Gasteiger partial charge in [-0.3, -0.25) is 0 Å². The number of cyclic esters (lactones) is 1. The molecule has 3 heteroatoms. The summed E-state index contributed by atoms with van der Waals surface area (Å²) in [6.07, 6.45) is -0.256. The van der Waals surface area contributed by atoms with Crippen molar-refractivity contribution in [2.75, 3.05) is 7.05 Å². The van der Waals surface area contributed by atoms with Crippen molar-refractivity contribution in [3.63, 3.8) is 0 Å². The van der Waals surface area contributed by atoms with E-state index in [9.17, 15) is 4.79 Å². The van der Waals surface area contributed by atoms with Crippen molar-refractivity contribution in [3.8, 4) is 0 Å². The Morgan fingerprint density at radius 2 is 1.87 bits per heavy atom. The van der Waals surface area contributed by atoms with Gasteiger partial charge in [0.05, 0.1) is 6.04 Å². The minimum atomic E-state index is -0.465. The molecule has 2 rings (SSSR count). The van der Waals surface area contributed by atoms with Gasteiger partial charge in [0, 0.05) is 7.05 Å². The van der Waals surface area contributed by atoms with Gasteiger partial charge >= 0.3 is 6.09 Å². The normalized spacial score (nSPS) is 24.1. The van der Waals surface area contributed by atoms with Crippen LogP contribution in [0.25, 0.3) is 0 Å². The molecule has 1 saturated heterocycles. The number of carbonyl (C=O) groups is 1. The highest BCUT2D eigenvalue weighted by molar-refractivity contribution is 5.71. The second kappa shape index (κ2) is 3.26. The van der Waals surface area contributed by atoms with Gasteiger partial charge in [0.25, 0.3) is 0 Å². The van der Waals surface area contributed by atoms with Crippen molar-refractivity contribution in [1.29, 1.82) is 0 Å². The van der Waals surface area contributed by atoms with E-state index in [1.807, 2.05) is 44.2 Å². The third kappa shape index (κ3) is 1.58. The Labute approximate surface area is 89.7 Å². The summed E-state index contributed by atoms with van der Waals surface area (Å²) in [6, 6.07) is 9.94. The first-order valence-corrected chi connectivity index (χ1v) is 5.03. The molecule has 1 heterocycles. The molecule has 0 radical (unpaired) electrons. The summed E-state index contributed by atoms with van der Waals surface area (Å²) in [4.78, 5) is 13.1. The zero-order chi connectivity index (χ0) is 11.1. The van der Waals surface area contributed by atoms with Gasteiger partial charge < -0.3 is 9.64 Å². The van der Waals surface area contributed by atoms with Gasteiger partial charge in [0.15, 0.2) is 0 Å². The molecule has 0 bridgehead atoms. The number of rotatable bonds is 1. The number of likely N-dealkylation sites (N-methyl/N-ethyl adjacent to an activating group) is 1. The summed E-state index contributed by atoms with van der Waals surface area (Å²) in [5.41, 5.74) is 0.642. The lowest BCUT2D eigenvalue weighted by atomic mass is 9.92. The minimum Gasteiger partial charge on any atom is -0.441 e. The maximum Gasteiger partial charge on any atom is 0.410 e. The molecule has 0 unspecified atom stereocenters. The van der Waals surface area contributed by atoms with Crippen molar-refractivity contribution < 1.29 is 9.53 Å². The predicted molar refractivity (Wildman–Crippen MR) is 57.5 cm³/mol. The van der Waals surface area contributed by atoms with Crippen LogP contribution in [0.4, 0.5) is 4.79 Å². The van der Waals surface area contributed by atoms with Crippen molar-refractivity contribution >= 4 is 6.09 Å². The van der Waals surface area contributed by atoms with Gasteiger partial charge in [-0.25, -0.2) is 4.79 Å². The monoisotopic (exact) mass is 205 g/mol. The smallest absolute Gasteiger partial charge is 0.410 e. The summed E-state index contributed by atoms with van der Waals surface area (Å²) in [6.45, 7) is 3.87. The second-order valence-corrected chi connectivity index (χ2v) is 4.40. The summed E-state index contributed by atoms with van der Waals surface area (Å²) >= 11 is 0. The van der Waals surface area contributed by atoms with Crippen LogP contribution in [-0.2, 0) is 4.74 Å². The molecule has 1 amide bonds. The van der Waals surface area contributed by atoms with Crippen LogP contribution < -0.4 is 0 Å². The van der Waals surface area contributed by atoms with Crippen LogP contribution in [-0.4, -0.2) is 23.6 Å². The first kappa shape index (κ1) is 10.0. The third-order valence-corrected chi connectivity index (χ3v) is 2.80. The Hall–Kier alpha value is -1.51. The Kier molecular flexibility index (Phi) is 2.18. The Balaban J connectivity index is 2.40. The van der Waals surface area contributed by atoms with Gasteiger partial charge in [-0.05, 0) is 19.4 Å². The Morgan fingerprint density at radius 1 is 1.27 bits per heavy atom. The average molecular weight is 205 g/mol. The topological polar surface area (TPSA) is 29.5 Å². The lowest BCUT2D eigenvalue weighted by Gasteiger charge is -2.27. The number of hydrogen-bond donors (Lipinski definition) is 0. The third-order valence-electron chi connectivity index (χ3n) is 2.80. The summed E-state index contributed by atoms with van der Waals surface area (Å²) in [5.74, 6) is 0. The van der Waals surface area contributed by atoms with Crippen molar-refractivity contribution in [2.24, 2.45) is 0 Å². The number of benzene rings is 1. The van der Waals surface area contributed by atoms with Gasteiger partial charge in [-0.15, -0.1) is 0 Å². The fourth-order valence-electron chi connectivity index (χ4n) is 2.18. The van der Waals surface area contributed by atoms with E-state index >= 15 is 0 Å². The number of amides is 1. The molecule has 0 saturated carbocycles. The van der Waals surface area contributed by atoms with E-state index in [-0.39, 0.29) is 12.1 Å². The van der Waals surface area contributed by atoms with E-state index in [4.69, 9.17) is 4.74 Å². The van der Waals surface area contributed by atoms with Gasteiger partial charge in [0.1, 0.15) is 5.60 Å². The zero-order valence-corrected chi connectivity index (χ0v) is 9.23. The molecule has 0 spiro atoms. The van der Waals surface area contributed by atoms with Gasteiger partial charge in [0.2, 0.25) is 0 Å². The molecule has 1 atom stereocenters. The fraction of sp³-hybridized carbons (Fsp3) is 0.417. The largest absolute Gasteiger partial charge is 0.441 e. The molecule has 15 heavy (non-hydrogen) atoms. The molecular formula is C12H15NO2. The quantitative estimate of drug-likeness (QED) is 0.705. The number of ether oxygens (including phenoxy) is 1. The van der Waals surface area contributed by atoms with E-state index in [0.29, 0.717) is 0 Å². The fourth-order valence-corrected chi connectivity index (χ4v) is 2.18. The van der Waals surface area contributed by atoms with Crippen LogP contribution in [0.2, 0.25) is 0 Å². The van der Waals surface area contributed by atoms with Crippen LogP contribution >= 0.6 is 0 Å². The molecule has 3 nitrogen and oxygen atoms in total. The standard InChI is InChI=1S/C12H15NO2/c1-12(2)10(13(3)11(14)15-12)9-7-5-4-6-8-9/h4-8,10H,1-3H3/t10-/m0/s1. The van der Waals surface area contributed by atoms with Crippen molar-refractivity contribution in [1.82, 2.24) is 4.90 Å². The minimum absolute atomic E-state index is 0.00815. The molecule has 1 fully saturated rings. The molecule has 80 valence electrons. The SMILES string of the molecule is CN1C(=O)OC(C)(C)[C@@H]1c1ccccc1. The molecular weight excluding hydrogens is 190 g/mol. The number of nitrogens with zero attached hydrogens (tertiary/aromatic N) is 1. The first-order chi connectivity index (χ1) is 7.02. The molecule has 0 aromatic heterocycles. The van der Waals surface area contributed by atoms with Crippen LogP contribution in [0.3, 0.4) is 0 Å². The van der Waals surface area contributed by atoms with Crippen LogP contribution in [0.5, 0.6) is 0 Å². The molecule has 1 aliphatic heterocycles. The van der Waals surface area contributed by atoms with Crippen LogP contribution in [0.15, 0.2) is 30.3 Å². The second-order valence-electron chi connectivity index (χ2n) is 4.40. The van der Waals surface area contributed by atoms with E-state index in [1.54, 1.807) is 11.9 Å². The van der Waals surface area contributed by atoms with E-state index in [0.717, 1.165) is 5.56 Å². The maximum absolute atomic E-state index is 11.5. The number of carbonyl (C=O) groups excluding carboxylic acids is 1. The lowest BCUT2D eigenvalue weighted by molar-refractivity contribution is 0.0677. The van der Waals surface area contributed by atoms with Crippen LogP contribution in [0, 0.1) is 0 Å². The van der Waals surface area contributed by atoms with Crippen LogP contribution in [0.1, 0.15) is 25.5 Å². The molecule has 1 aromatic carbocycles. The Bertz CT molecular complexity index is 372. The van der Waals surface area contributed by atoms with E-state index in [1.165, 1.54) is 0 Å². The highest BCUT2D eigenvalue weighted by atomic mass is 16.6. The lowest BCUT2D eigenvalue weighted by Crippen LogP contribution is -2.31. The summed E-state index contributed by atoms with van der Waals surface area (Å²) in [5, 5.41) is 0. The highest BCUT2D eigenvalue weighted by Crippen LogP contribution is 2.39. The zero-order valence-electron chi connectivity index (χ0n) is 9.23. The molecule has 0 aliphatic carbocycles. The molecule has 1 aliphatic rings. The average Bonchev–Trinajstić information content (AvgIpc) is 2.37. The summed E-state index contributed by atoms with van der Waals surface area (Å²) < 4.78 is 5.31. The highest BCUT2D eigenvalue weighted by Gasteiger charge is 2.46. The van der Waals surface area contributed by atoms with Gasteiger partial charge in [-0.1, -0.05) is 30.3 Å². The Morgan fingerprint density at radius 3 is 2.33 bits per heavy atom. The molecule has 1 aromatic rings. The first-order valence-electron chi connectivity index (χ1n) is 5.03. The maximum atomic E-state index is 11.5. The summed E-state index contributed by atoms with van der Waals surface area (Å²) in [7, 11) is 1.77. The van der Waals surface area contributed by atoms with E-state index < -0.39 is 5.60 Å². The van der Waals surface area contributed by atoms with Crippen molar-refractivity contribution in [3.05, 3.63) is 35.9 Å². The molecule has 0 N–H and O–H groups in total. The van der Waals surface area contributed by atoms with Crippen molar-refractivity contribution in [2.45, 2.75) is 25.5 Å². The number of hydrogen-bond acceptors (Lipinski definition) is 2. The van der Waals surface area contributed by atoms with Gasteiger partial charge in [-0.2, -0.15) is 0 Å². The van der Waals surface area contributed by atoms with E-state index in [2.05, 4.69) is 0 Å². The predicted octanol–water partition coefficient (Wildman–Crippen LogP) is 2.59.